The van der Waals surface area contributed by atoms with Crippen molar-refractivity contribution in [3.8, 4) is 16.9 Å². The fourth-order valence-electron chi connectivity index (χ4n) is 3.58. The molecule has 4 nitrogen and oxygen atoms in total. The Morgan fingerprint density at radius 3 is 2.46 bits per heavy atom. The number of hydrogen-bond acceptors (Lipinski definition) is 4. The van der Waals surface area contributed by atoms with Crippen molar-refractivity contribution in [3.05, 3.63) is 58.7 Å². The lowest BCUT2D eigenvalue weighted by atomic mass is 9.86. The summed E-state index contributed by atoms with van der Waals surface area (Å²) in [6, 6.07) is 7.56. The van der Waals surface area contributed by atoms with Gasteiger partial charge in [0.15, 0.2) is 0 Å². The third-order valence-corrected chi connectivity index (χ3v) is 5.91. The van der Waals surface area contributed by atoms with E-state index in [0.29, 0.717) is 18.6 Å². The minimum atomic E-state index is -3.00. The van der Waals surface area contributed by atoms with Crippen LogP contribution in [-0.4, -0.2) is 33.3 Å². The summed E-state index contributed by atoms with van der Waals surface area (Å²) in [4.78, 5) is 11.2. The van der Waals surface area contributed by atoms with Crippen LogP contribution in [0.2, 0.25) is 0 Å². The molecule has 0 fully saturated rings. The van der Waals surface area contributed by atoms with Gasteiger partial charge in [-0.15, -0.1) is 0 Å². The molecule has 28 heavy (non-hydrogen) atoms. The number of benzene rings is 2. The molecule has 0 radical (unpaired) electrons. The molecule has 0 amide bonds. The van der Waals surface area contributed by atoms with Crippen LogP contribution in [0.5, 0.6) is 5.75 Å². The van der Waals surface area contributed by atoms with Crippen LogP contribution >= 0.6 is 0 Å². The van der Waals surface area contributed by atoms with Crippen molar-refractivity contribution < 1.29 is 17.9 Å². The molecule has 150 valence electrons. The third-order valence-electron chi connectivity index (χ3n) is 4.88. The standard InChI is InChI=1S/C23H28O4S/c1-6-20-16(3)23(27-12-9-13-28(5,25)26)17(4)21(7-2)22(20)19-11-8-10-18(14-19)15-24/h6,8,10-11,14-15H,1,7,9,12-13H2,2-5H3. The molecule has 2 rings (SSSR count). The summed E-state index contributed by atoms with van der Waals surface area (Å²) in [6.45, 7) is 10.4. The average Bonchev–Trinajstić information content (AvgIpc) is 2.66. The second kappa shape index (κ2) is 9.20. The first-order valence-corrected chi connectivity index (χ1v) is 11.4. The van der Waals surface area contributed by atoms with Crippen molar-refractivity contribution in [2.75, 3.05) is 18.6 Å². The highest BCUT2D eigenvalue weighted by Gasteiger charge is 2.19. The van der Waals surface area contributed by atoms with E-state index in [1.54, 1.807) is 6.07 Å². The first kappa shape index (κ1) is 21.9. The first-order valence-electron chi connectivity index (χ1n) is 9.38. The molecular weight excluding hydrogens is 372 g/mol. The van der Waals surface area contributed by atoms with Crippen LogP contribution in [0.25, 0.3) is 17.2 Å². The molecule has 0 unspecified atom stereocenters. The average molecular weight is 401 g/mol. The van der Waals surface area contributed by atoms with Crippen LogP contribution in [-0.2, 0) is 16.3 Å². The molecule has 2 aromatic carbocycles. The smallest absolute Gasteiger partial charge is 0.150 e. The lowest BCUT2D eigenvalue weighted by Gasteiger charge is -2.22. The van der Waals surface area contributed by atoms with Gasteiger partial charge in [0.05, 0.1) is 12.4 Å². The van der Waals surface area contributed by atoms with Crippen LogP contribution in [0.1, 0.15) is 46.0 Å². The number of rotatable bonds is 9. The van der Waals surface area contributed by atoms with Gasteiger partial charge in [-0.05, 0) is 66.1 Å². The second-order valence-corrected chi connectivity index (χ2v) is 9.24. The van der Waals surface area contributed by atoms with Gasteiger partial charge in [0.1, 0.15) is 21.9 Å². The Bertz CT molecular complexity index is 988. The number of hydrogen-bond donors (Lipinski definition) is 0. The van der Waals surface area contributed by atoms with E-state index in [-0.39, 0.29) is 5.75 Å². The molecule has 2 aromatic rings. The molecule has 0 N–H and O–H groups in total. The van der Waals surface area contributed by atoms with Crippen molar-refractivity contribution in [2.45, 2.75) is 33.6 Å². The Morgan fingerprint density at radius 2 is 1.89 bits per heavy atom. The zero-order valence-electron chi connectivity index (χ0n) is 17.0. The summed E-state index contributed by atoms with van der Waals surface area (Å²) in [5.74, 6) is 0.895. The number of ether oxygens (including phenoxy) is 1. The number of carbonyl (C=O) groups excluding carboxylic acids is 1. The van der Waals surface area contributed by atoms with Crippen molar-refractivity contribution in [1.82, 2.24) is 0 Å². The number of carbonyl (C=O) groups is 1. The zero-order valence-corrected chi connectivity index (χ0v) is 17.9. The van der Waals surface area contributed by atoms with E-state index in [1.807, 2.05) is 38.1 Å². The van der Waals surface area contributed by atoms with Crippen LogP contribution in [0, 0.1) is 13.8 Å². The lowest BCUT2D eigenvalue weighted by molar-refractivity contribution is 0.112. The van der Waals surface area contributed by atoms with E-state index in [9.17, 15) is 13.2 Å². The summed E-state index contributed by atoms with van der Waals surface area (Å²) in [6.07, 6.45) is 5.15. The second-order valence-electron chi connectivity index (χ2n) is 6.98. The highest BCUT2D eigenvalue weighted by atomic mass is 32.2. The number of sulfone groups is 1. The van der Waals surface area contributed by atoms with E-state index in [1.165, 1.54) is 6.26 Å². The molecule has 0 bridgehead atoms. The van der Waals surface area contributed by atoms with Crippen LogP contribution in [0.15, 0.2) is 30.8 Å². The molecule has 0 aliphatic carbocycles. The molecule has 5 heteroatoms. The summed E-state index contributed by atoms with van der Waals surface area (Å²) >= 11 is 0. The Kier molecular flexibility index (Phi) is 7.19. The highest BCUT2D eigenvalue weighted by molar-refractivity contribution is 7.90. The molecule has 0 aliphatic rings. The summed E-state index contributed by atoms with van der Waals surface area (Å²) < 4.78 is 28.7. The van der Waals surface area contributed by atoms with Gasteiger partial charge in [0.2, 0.25) is 0 Å². The zero-order chi connectivity index (χ0) is 20.9. The van der Waals surface area contributed by atoms with E-state index < -0.39 is 9.84 Å². The molecule has 0 saturated heterocycles. The van der Waals surface area contributed by atoms with Gasteiger partial charge in [0.25, 0.3) is 0 Å². The van der Waals surface area contributed by atoms with Crippen molar-refractivity contribution in [2.24, 2.45) is 0 Å². The Labute approximate surface area is 168 Å². The largest absolute Gasteiger partial charge is 0.493 e. The topological polar surface area (TPSA) is 60.4 Å². The monoisotopic (exact) mass is 400 g/mol. The minimum absolute atomic E-state index is 0.108. The third kappa shape index (κ3) is 4.90. The van der Waals surface area contributed by atoms with Crippen LogP contribution in [0.3, 0.4) is 0 Å². The van der Waals surface area contributed by atoms with Crippen molar-refractivity contribution in [3.63, 3.8) is 0 Å². The SMILES string of the molecule is C=Cc1c(C)c(OCCCS(C)(=O)=O)c(C)c(CC)c1-c1cccc(C=O)c1. The summed E-state index contributed by atoms with van der Waals surface area (Å²) in [5.41, 5.74) is 6.80. The molecular formula is C23H28O4S. The quantitative estimate of drug-likeness (QED) is 0.448. The maximum Gasteiger partial charge on any atom is 0.150 e. The van der Waals surface area contributed by atoms with Crippen LogP contribution < -0.4 is 4.74 Å². The van der Waals surface area contributed by atoms with E-state index >= 15 is 0 Å². The summed E-state index contributed by atoms with van der Waals surface area (Å²) in [7, 11) is -3.00. The van der Waals surface area contributed by atoms with Gasteiger partial charge >= 0.3 is 0 Å². The lowest BCUT2D eigenvalue weighted by Crippen LogP contribution is -2.10. The van der Waals surface area contributed by atoms with Gasteiger partial charge in [-0.1, -0.05) is 37.8 Å². The molecule has 0 aromatic heterocycles. The van der Waals surface area contributed by atoms with Gasteiger partial charge < -0.3 is 4.74 Å². The predicted molar refractivity (Wildman–Crippen MR) is 116 cm³/mol. The van der Waals surface area contributed by atoms with Gasteiger partial charge in [-0.2, -0.15) is 0 Å². The Hall–Kier alpha value is -2.40. The Balaban J connectivity index is 2.54. The molecule has 0 heterocycles. The highest BCUT2D eigenvalue weighted by Crippen LogP contribution is 2.40. The first-order chi connectivity index (χ1) is 13.2. The van der Waals surface area contributed by atoms with Crippen molar-refractivity contribution >= 4 is 22.2 Å². The molecule has 0 aliphatic heterocycles. The fraction of sp³-hybridized carbons (Fsp3) is 0.348. The summed E-state index contributed by atoms with van der Waals surface area (Å²) in [5, 5.41) is 0. The van der Waals surface area contributed by atoms with E-state index in [4.69, 9.17) is 4.74 Å². The van der Waals surface area contributed by atoms with Crippen molar-refractivity contribution in [1.29, 1.82) is 0 Å². The number of aldehydes is 1. The predicted octanol–water partition coefficient (Wildman–Crippen LogP) is 4.80. The van der Waals surface area contributed by atoms with Crippen LogP contribution in [0.4, 0.5) is 0 Å². The fourth-order valence-corrected chi connectivity index (χ4v) is 4.23. The maximum absolute atomic E-state index is 11.3. The van der Waals surface area contributed by atoms with E-state index in [2.05, 4.69) is 13.5 Å². The van der Waals surface area contributed by atoms with Gasteiger partial charge in [-0.25, -0.2) is 8.42 Å². The normalized spacial score (nSPS) is 11.3. The maximum atomic E-state index is 11.3. The Morgan fingerprint density at radius 1 is 1.18 bits per heavy atom. The molecule has 0 saturated carbocycles. The van der Waals surface area contributed by atoms with Gasteiger partial charge in [-0.3, -0.25) is 4.79 Å². The molecule has 0 spiro atoms. The van der Waals surface area contributed by atoms with Gasteiger partial charge in [0, 0.05) is 11.8 Å². The van der Waals surface area contributed by atoms with E-state index in [0.717, 1.165) is 51.8 Å². The minimum Gasteiger partial charge on any atom is -0.493 e. The molecule has 0 atom stereocenters.